The predicted octanol–water partition coefficient (Wildman–Crippen LogP) is 3.11. The van der Waals surface area contributed by atoms with Gasteiger partial charge >= 0.3 is 0 Å². The minimum atomic E-state index is -0.367. The molecule has 3 heterocycles. The van der Waals surface area contributed by atoms with E-state index in [1.807, 2.05) is 31.3 Å². The lowest BCUT2D eigenvalue weighted by Gasteiger charge is -2.25. The van der Waals surface area contributed by atoms with Gasteiger partial charge in [-0.15, -0.1) is 10.2 Å². The van der Waals surface area contributed by atoms with Crippen molar-refractivity contribution >= 4 is 35.1 Å². The van der Waals surface area contributed by atoms with Crippen molar-refractivity contribution < 1.29 is 14.3 Å². The van der Waals surface area contributed by atoms with Crippen LogP contribution in [-0.2, 0) is 11.8 Å². The molecule has 28 heavy (non-hydrogen) atoms. The molecule has 4 rings (SSSR count). The van der Waals surface area contributed by atoms with Crippen LogP contribution in [0.5, 0.6) is 11.5 Å². The van der Waals surface area contributed by atoms with Gasteiger partial charge in [0.15, 0.2) is 28.6 Å². The molecule has 3 aromatic rings. The molecule has 0 aliphatic carbocycles. The Hall–Kier alpha value is -2.78. The van der Waals surface area contributed by atoms with E-state index in [2.05, 4.69) is 20.5 Å². The predicted molar refractivity (Wildman–Crippen MR) is 105 cm³/mol. The van der Waals surface area contributed by atoms with E-state index < -0.39 is 0 Å². The first-order valence-corrected chi connectivity index (χ1v) is 9.78. The minimum absolute atomic E-state index is 0.168. The number of rotatable bonds is 5. The van der Waals surface area contributed by atoms with Crippen molar-refractivity contribution in [2.24, 2.45) is 7.05 Å². The third kappa shape index (κ3) is 4.05. The van der Waals surface area contributed by atoms with E-state index in [9.17, 15) is 4.79 Å². The van der Waals surface area contributed by atoms with Crippen molar-refractivity contribution in [2.75, 3.05) is 17.7 Å². The number of nitrogens with zero attached hydrogens (tertiary/aromatic N) is 4. The standard InChI is InChI=1S/C18H16ClN5O3S/c1-24-17(14-9-26-12-4-2-3-5-13(12)27-14)22-23-18(24)28-10-16(25)21-15-7-6-11(19)8-20-15/h2-8,14H,9-10H2,1H3,(H,20,21,25). The molecule has 1 amide bonds. The minimum Gasteiger partial charge on any atom is -0.485 e. The molecule has 0 saturated heterocycles. The summed E-state index contributed by atoms with van der Waals surface area (Å²) in [6, 6.07) is 10.8. The maximum absolute atomic E-state index is 12.1. The fourth-order valence-corrected chi connectivity index (χ4v) is 3.47. The molecule has 1 atom stereocenters. The number of amides is 1. The molecular formula is C18H16ClN5O3S. The lowest BCUT2D eigenvalue weighted by molar-refractivity contribution is -0.113. The smallest absolute Gasteiger partial charge is 0.236 e. The molecule has 0 saturated carbocycles. The van der Waals surface area contributed by atoms with Crippen molar-refractivity contribution in [1.29, 1.82) is 0 Å². The SMILES string of the molecule is Cn1c(SCC(=O)Nc2ccc(Cl)cn2)nnc1C1COc2ccccc2O1. The fourth-order valence-electron chi connectivity index (χ4n) is 2.64. The van der Waals surface area contributed by atoms with Gasteiger partial charge in [-0.1, -0.05) is 35.5 Å². The molecule has 0 spiro atoms. The van der Waals surface area contributed by atoms with Crippen LogP contribution in [0, 0.1) is 0 Å². The molecule has 144 valence electrons. The monoisotopic (exact) mass is 417 g/mol. The fraction of sp³-hybridized carbons (Fsp3) is 0.222. The molecule has 1 N–H and O–H groups in total. The summed E-state index contributed by atoms with van der Waals surface area (Å²) in [5, 5.41) is 12.2. The Balaban J connectivity index is 1.37. The summed E-state index contributed by atoms with van der Waals surface area (Å²) >= 11 is 7.06. The number of thioether (sulfide) groups is 1. The third-order valence-corrected chi connectivity index (χ3v) is 5.24. The highest BCUT2D eigenvalue weighted by molar-refractivity contribution is 7.99. The van der Waals surface area contributed by atoms with Crippen LogP contribution in [0.3, 0.4) is 0 Å². The highest BCUT2D eigenvalue weighted by atomic mass is 35.5. The number of fused-ring (bicyclic) bond motifs is 1. The average Bonchev–Trinajstić information content (AvgIpc) is 3.08. The van der Waals surface area contributed by atoms with Crippen molar-refractivity contribution in [3.63, 3.8) is 0 Å². The Bertz CT molecular complexity index is 995. The summed E-state index contributed by atoms with van der Waals surface area (Å²) in [5.74, 6) is 2.43. The Morgan fingerprint density at radius 3 is 2.89 bits per heavy atom. The normalized spacial score (nSPS) is 15.3. The van der Waals surface area contributed by atoms with E-state index in [1.54, 1.807) is 16.7 Å². The van der Waals surface area contributed by atoms with Gasteiger partial charge in [-0.3, -0.25) is 4.79 Å². The number of hydrogen-bond donors (Lipinski definition) is 1. The summed E-state index contributed by atoms with van der Waals surface area (Å²) in [6.45, 7) is 0.344. The summed E-state index contributed by atoms with van der Waals surface area (Å²) in [7, 11) is 1.83. The first-order valence-electron chi connectivity index (χ1n) is 8.42. The number of pyridine rings is 1. The number of carbonyl (C=O) groups is 1. The molecule has 1 aromatic carbocycles. The Labute approximate surface area is 170 Å². The van der Waals surface area contributed by atoms with Gasteiger partial charge in [0.05, 0.1) is 10.8 Å². The molecule has 0 fully saturated rings. The van der Waals surface area contributed by atoms with Crippen LogP contribution in [0.4, 0.5) is 5.82 Å². The van der Waals surface area contributed by atoms with Crippen LogP contribution in [-0.4, -0.2) is 38.0 Å². The van der Waals surface area contributed by atoms with E-state index in [4.69, 9.17) is 21.1 Å². The number of anilines is 1. The van der Waals surface area contributed by atoms with E-state index in [0.29, 0.717) is 39.9 Å². The van der Waals surface area contributed by atoms with Crippen LogP contribution < -0.4 is 14.8 Å². The summed E-state index contributed by atoms with van der Waals surface area (Å²) in [5.41, 5.74) is 0. The first-order chi connectivity index (χ1) is 13.6. The van der Waals surface area contributed by atoms with Crippen LogP contribution in [0.2, 0.25) is 5.02 Å². The maximum atomic E-state index is 12.1. The van der Waals surface area contributed by atoms with Gasteiger partial charge in [0.1, 0.15) is 12.4 Å². The lowest BCUT2D eigenvalue weighted by atomic mass is 10.2. The van der Waals surface area contributed by atoms with Crippen molar-refractivity contribution in [3.8, 4) is 11.5 Å². The number of benzene rings is 1. The highest BCUT2D eigenvalue weighted by Gasteiger charge is 2.27. The molecule has 8 nitrogen and oxygen atoms in total. The first kappa shape index (κ1) is 18.6. The van der Waals surface area contributed by atoms with Crippen molar-refractivity contribution in [2.45, 2.75) is 11.3 Å². The lowest BCUT2D eigenvalue weighted by Crippen LogP contribution is -2.24. The second-order valence-corrected chi connectivity index (χ2v) is 7.34. The van der Waals surface area contributed by atoms with Crippen LogP contribution >= 0.6 is 23.4 Å². The van der Waals surface area contributed by atoms with E-state index in [-0.39, 0.29) is 17.8 Å². The number of hydrogen-bond acceptors (Lipinski definition) is 7. The number of carbonyl (C=O) groups excluding carboxylic acids is 1. The van der Waals surface area contributed by atoms with Crippen LogP contribution in [0.15, 0.2) is 47.8 Å². The number of nitrogens with one attached hydrogen (secondary N) is 1. The van der Waals surface area contributed by atoms with E-state index >= 15 is 0 Å². The maximum Gasteiger partial charge on any atom is 0.236 e. The molecule has 10 heteroatoms. The molecule has 1 aliphatic rings. The molecule has 2 aromatic heterocycles. The Kier molecular flexibility index (Phi) is 5.36. The Morgan fingerprint density at radius 1 is 1.29 bits per heavy atom. The summed E-state index contributed by atoms with van der Waals surface area (Å²) in [6.07, 6.45) is 1.11. The largest absolute Gasteiger partial charge is 0.485 e. The zero-order chi connectivity index (χ0) is 19.5. The van der Waals surface area contributed by atoms with Gasteiger partial charge in [0, 0.05) is 13.2 Å². The molecule has 0 bridgehead atoms. The average molecular weight is 418 g/mol. The van der Waals surface area contributed by atoms with Crippen LogP contribution in [0.25, 0.3) is 0 Å². The number of aromatic nitrogens is 4. The van der Waals surface area contributed by atoms with E-state index in [1.165, 1.54) is 18.0 Å². The topological polar surface area (TPSA) is 91.2 Å². The molecule has 1 aliphatic heterocycles. The third-order valence-electron chi connectivity index (χ3n) is 3.99. The van der Waals surface area contributed by atoms with Gasteiger partial charge in [0.25, 0.3) is 0 Å². The second kappa shape index (κ2) is 8.07. The summed E-state index contributed by atoms with van der Waals surface area (Å²) in [4.78, 5) is 16.2. The highest BCUT2D eigenvalue weighted by Crippen LogP contribution is 2.35. The molecule has 1 unspecified atom stereocenters. The van der Waals surface area contributed by atoms with Gasteiger partial charge in [-0.2, -0.15) is 0 Å². The summed E-state index contributed by atoms with van der Waals surface area (Å²) < 4.78 is 13.5. The van der Waals surface area contributed by atoms with Crippen molar-refractivity contribution in [3.05, 3.63) is 53.4 Å². The number of ether oxygens (including phenoxy) is 2. The molecule has 0 radical (unpaired) electrons. The second-order valence-electron chi connectivity index (χ2n) is 5.96. The van der Waals surface area contributed by atoms with Crippen molar-refractivity contribution in [1.82, 2.24) is 19.7 Å². The van der Waals surface area contributed by atoms with Crippen LogP contribution in [0.1, 0.15) is 11.9 Å². The van der Waals surface area contributed by atoms with Gasteiger partial charge in [-0.25, -0.2) is 4.98 Å². The van der Waals surface area contributed by atoms with Gasteiger partial charge < -0.3 is 19.4 Å². The zero-order valence-corrected chi connectivity index (χ0v) is 16.4. The molecular weight excluding hydrogens is 402 g/mol. The quantitative estimate of drug-likeness (QED) is 0.637. The van der Waals surface area contributed by atoms with E-state index in [0.717, 1.165) is 0 Å². The number of para-hydroxylation sites is 2. The van der Waals surface area contributed by atoms with Gasteiger partial charge in [0.2, 0.25) is 5.91 Å². The Morgan fingerprint density at radius 2 is 2.11 bits per heavy atom. The van der Waals surface area contributed by atoms with Gasteiger partial charge in [-0.05, 0) is 24.3 Å². The number of halogens is 1. The zero-order valence-electron chi connectivity index (χ0n) is 14.8.